The van der Waals surface area contributed by atoms with Crippen LogP contribution in [0, 0.1) is 5.41 Å². The lowest BCUT2D eigenvalue weighted by molar-refractivity contribution is 0.0671. The molecule has 0 radical (unpaired) electrons. The molecule has 0 spiro atoms. The van der Waals surface area contributed by atoms with Crippen LogP contribution >= 0.6 is 43.2 Å². The summed E-state index contributed by atoms with van der Waals surface area (Å²) >= 11 is 8.20. The number of amides is 1. The molecule has 1 aliphatic heterocycles. The lowest BCUT2D eigenvalue weighted by Gasteiger charge is -2.38. The Bertz CT molecular complexity index is 531. The van der Waals surface area contributed by atoms with Crippen LogP contribution < -0.4 is 5.73 Å². The van der Waals surface area contributed by atoms with E-state index in [0.717, 1.165) is 8.26 Å². The minimum absolute atomic E-state index is 0.0305. The van der Waals surface area contributed by atoms with Crippen molar-refractivity contribution < 1.29 is 10.0 Å². The summed E-state index contributed by atoms with van der Waals surface area (Å²) in [6, 6.07) is 1.83. The largest absolute Gasteiger partial charge is 0.409 e. The monoisotopic (exact) mass is 423 g/mol. The topological polar surface area (TPSA) is 78.9 Å². The van der Waals surface area contributed by atoms with Crippen LogP contribution in [0.3, 0.4) is 0 Å². The van der Waals surface area contributed by atoms with Crippen molar-refractivity contribution >= 4 is 54.9 Å². The van der Waals surface area contributed by atoms with Gasteiger partial charge in [0.1, 0.15) is 5.84 Å². The average Bonchev–Trinajstić information content (AvgIpc) is 2.78. The van der Waals surface area contributed by atoms with Gasteiger partial charge in [-0.3, -0.25) is 4.79 Å². The fraction of sp³-hybridized carbons (Fsp3) is 0.500. The predicted molar refractivity (Wildman–Crippen MR) is 86.4 cm³/mol. The smallest absolute Gasteiger partial charge is 0.264 e. The number of rotatable bonds is 2. The van der Waals surface area contributed by atoms with Crippen molar-refractivity contribution in [3.63, 3.8) is 0 Å². The standard InChI is InChI=1S/C12H15Br2N3O2S/c1-12(11(15)16-19)2-4-17(5-3-12)10(18)8-6-7(13)9(14)20-8/h6,19H,2-5H2,1H3,(H2,15,16). The quantitative estimate of drug-likeness (QED) is 0.331. The molecular formula is C12H15Br2N3O2S. The van der Waals surface area contributed by atoms with Crippen LogP contribution in [0.5, 0.6) is 0 Å². The van der Waals surface area contributed by atoms with Gasteiger partial charge in [-0.05, 0) is 50.8 Å². The van der Waals surface area contributed by atoms with E-state index < -0.39 is 0 Å². The van der Waals surface area contributed by atoms with Crippen LogP contribution in [0.15, 0.2) is 19.5 Å². The van der Waals surface area contributed by atoms with Crippen molar-refractivity contribution in [1.29, 1.82) is 0 Å². The van der Waals surface area contributed by atoms with E-state index in [1.54, 1.807) is 0 Å². The van der Waals surface area contributed by atoms with Gasteiger partial charge in [0.15, 0.2) is 0 Å². The summed E-state index contributed by atoms with van der Waals surface area (Å²) in [6.45, 7) is 3.18. The number of hydrogen-bond donors (Lipinski definition) is 2. The first-order valence-electron chi connectivity index (χ1n) is 6.09. The van der Waals surface area contributed by atoms with Crippen molar-refractivity contribution in [2.24, 2.45) is 16.3 Å². The summed E-state index contributed by atoms with van der Waals surface area (Å²) in [7, 11) is 0. The molecule has 20 heavy (non-hydrogen) atoms. The number of oxime groups is 1. The second kappa shape index (κ2) is 6.03. The molecule has 1 amide bonds. The van der Waals surface area contributed by atoms with E-state index in [4.69, 9.17) is 10.9 Å². The lowest BCUT2D eigenvalue weighted by Crippen LogP contribution is -2.47. The molecule has 1 fully saturated rings. The zero-order valence-electron chi connectivity index (χ0n) is 10.9. The van der Waals surface area contributed by atoms with Crippen molar-refractivity contribution in [3.05, 3.63) is 19.2 Å². The third kappa shape index (κ3) is 3.01. The Morgan fingerprint density at radius 1 is 1.50 bits per heavy atom. The fourth-order valence-electron chi connectivity index (χ4n) is 2.19. The second-order valence-corrected chi connectivity index (χ2v) is 8.29. The predicted octanol–water partition coefficient (Wildman–Crippen LogP) is 3.26. The highest BCUT2D eigenvalue weighted by atomic mass is 79.9. The van der Waals surface area contributed by atoms with E-state index >= 15 is 0 Å². The molecule has 0 saturated carbocycles. The number of carbonyl (C=O) groups is 1. The number of amidine groups is 1. The van der Waals surface area contributed by atoms with Gasteiger partial charge in [0.25, 0.3) is 5.91 Å². The van der Waals surface area contributed by atoms with Crippen molar-refractivity contribution in [1.82, 2.24) is 4.90 Å². The maximum Gasteiger partial charge on any atom is 0.264 e. The Balaban J connectivity index is 2.06. The van der Waals surface area contributed by atoms with E-state index in [0.29, 0.717) is 30.8 Å². The highest BCUT2D eigenvalue weighted by Crippen LogP contribution is 2.35. The van der Waals surface area contributed by atoms with Gasteiger partial charge in [0.2, 0.25) is 0 Å². The molecule has 0 aromatic carbocycles. The Morgan fingerprint density at radius 2 is 2.10 bits per heavy atom. The number of nitrogens with zero attached hydrogens (tertiary/aromatic N) is 2. The molecule has 0 aliphatic carbocycles. The minimum atomic E-state index is -0.331. The molecule has 1 aliphatic rings. The van der Waals surface area contributed by atoms with Crippen LogP contribution in [0.1, 0.15) is 29.4 Å². The van der Waals surface area contributed by atoms with Gasteiger partial charge in [-0.25, -0.2) is 0 Å². The molecule has 1 aromatic rings. The Kier molecular flexibility index (Phi) is 4.76. The first kappa shape index (κ1) is 15.8. The molecular weight excluding hydrogens is 410 g/mol. The van der Waals surface area contributed by atoms with E-state index in [2.05, 4.69) is 37.0 Å². The molecule has 0 atom stereocenters. The van der Waals surface area contributed by atoms with Gasteiger partial charge in [-0.15, -0.1) is 11.3 Å². The summed E-state index contributed by atoms with van der Waals surface area (Å²) in [5.41, 5.74) is 5.39. The summed E-state index contributed by atoms with van der Waals surface area (Å²) < 4.78 is 1.81. The van der Waals surface area contributed by atoms with E-state index in [1.165, 1.54) is 11.3 Å². The Labute approximate surface area is 138 Å². The van der Waals surface area contributed by atoms with Crippen molar-refractivity contribution in [2.75, 3.05) is 13.1 Å². The van der Waals surface area contributed by atoms with Gasteiger partial charge in [-0.2, -0.15) is 0 Å². The van der Waals surface area contributed by atoms with E-state index in [-0.39, 0.29) is 17.2 Å². The molecule has 2 heterocycles. The summed E-state index contributed by atoms with van der Waals surface area (Å²) in [4.78, 5) is 14.9. The molecule has 1 saturated heterocycles. The first-order valence-corrected chi connectivity index (χ1v) is 8.50. The summed E-state index contributed by atoms with van der Waals surface area (Å²) in [6.07, 6.45) is 1.39. The number of thiophene rings is 1. The Morgan fingerprint density at radius 3 is 2.55 bits per heavy atom. The van der Waals surface area contributed by atoms with Crippen LogP contribution in [0.4, 0.5) is 0 Å². The molecule has 2 rings (SSSR count). The van der Waals surface area contributed by atoms with Crippen LogP contribution in [0.25, 0.3) is 0 Å². The minimum Gasteiger partial charge on any atom is -0.409 e. The molecule has 0 bridgehead atoms. The molecule has 3 N–H and O–H groups in total. The zero-order valence-corrected chi connectivity index (χ0v) is 14.9. The Hall–Kier alpha value is -0.600. The highest BCUT2D eigenvalue weighted by Gasteiger charge is 2.36. The number of carbonyl (C=O) groups excluding carboxylic acids is 1. The van der Waals surface area contributed by atoms with E-state index in [1.807, 2.05) is 17.9 Å². The second-order valence-electron chi connectivity index (χ2n) is 5.07. The van der Waals surface area contributed by atoms with Gasteiger partial charge < -0.3 is 15.8 Å². The van der Waals surface area contributed by atoms with Crippen LogP contribution in [-0.2, 0) is 0 Å². The summed E-state index contributed by atoms with van der Waals surface area (Å²) in [5.74, 6) is 0.272. The SMILES string of the molecule is CC1(C(N)=NO)CCN(C(=O)c2cc(Br)c(Br)s2)CC1. The number of piperidine rings is 1. The first-order chi connectivity index (χ1) is 9.37. The maximum atomic E-state index is 12.4. The lowest BCUT2D eigenvalue weighted by atomic mass is 9.79. The van der Waals surface area contributed by atoms with Crippen LogP contribution in [-0.4, -0.2) is 34.9 Å². The highest BCUT2D eigenvalue weighted by molar-refractivity contribution is 9.13. The van der Waals surface area contributed by atoms with Gasteiger partial charge >= 0.3 is 0 Å². The molecule has 5 nitrogen and oxygen atoms in total. The molecule has 110 valence electrons. The molecule has 1 aromatic heterocycles. The maximum absolute atomic E-state index is 12.4. The van der Waals surface area contributed by atoms with Crippen molar-refractivity contribution in [3.8, 4) is 0 Å². The zero-order chi connectivity index (χ0) is 14.9. The van der Waals surface area contributed by atoms with Crippen molar-refractivity contribution in [2.45, 2.75) is 19.8 Å². The summed E-state index contributed by atoms with van der Waals surface area (Å²) in [5, 5.41) is 11.9. The third-order valence-electron chi connectivity index (χ3n) is 3.74. The number of nitrogens with two attached hydrogens (primary N) is 1. The molecule has 8 heteroatoms. The number of likely N-dealkylation sites (tertiary alicyclic amines) is 1. The van der Waals surface area contributed by atoms with E-state index in [9.17, 15) is 4.79 Å². The van der Waals surface area contributed by atoms with Gasteiger partial charge in [0.05, 0.1) is 8.66 Å². The number of hydrogen-bond acceptors (Lipinski definition) is 4. The number of halogens is 2. The van der Waals surface area contributed by atoms with Gasteiger partial charge in [-0.1, -0.05) is 12.1 Å². The average molecular weight is 425 g/mol. The van der Waals surface area contributed by atoms with Gasteiger partial charge in [0, 0.05) is 23.0 Å². The fourth-order valence-corrected chi connectivity index (χ4v) is 4.19. The molecule has 0 unspecified atom stereocenters. The third-order valence-corrected chi connectivity index (χ3v) is 6.98. The normalized spacial score (nSPS) is 19.1. The van der Waals surface area contributed by atoms with Crippen LogP contribution in [0.2, 0.25) is 0 Å².